The summed E-state index contributed by atoms with van der Waals surface area (Å²) in [5.74, 6) is -0.121. The highest BCUT2D eigenvalue weighted by Gasteiger charge is 2.36. The maximum absolute atomic E-state index is 12.5. The Morgan fingerprint density at radius 1 is 1.31 bits per heavy atom. The Morgan fingerprint density at radius 2 is 2.08 bits per heavy atom. The summed E-state index contributed by atoms with van der Waals surface area (Å²) < 4.78 is 10.1. The molecule has 0 spiro atoms. The predicted octanol–water partition coefficient (Wildman–Crippen LogP) is 3.00. The molecule has 2 aromatic rings. The van der Waals surface area contributed by atoms with Gasteiger partial charge >= 0.3 is 6.09 Å². The van der Waals surface area contributed by atoms with E-state index in [9.17, 15) is 14.7 Å². The number of phenols is 1. The SMILES string of the molecule is COc1cc(/C=C/C(=O)N2C(=O)OC[C@H]2Cc2ccccc2)ccc1O. The average Bonchev–Trinajstić information content (AvgIpc) is 3.02. The first-order valence-electron chi connectivity index (χ1n) is 8.17. The van der Waals surface area contributed by atoms with Gasteiger partial charge in [0, 0.05) is 6.08 Å². The van der Waals surface area contributed by atoms with Crippen LogP contribution < -0.4 is 4.74 Å². The van der Waals surface area contributed by atoms with Crippen molar-refractivity contribution >= 4 is 18.1 Å². The minimum Gasteiger partial charge on any atom is -0.504 e. The second-order valence-corrected chi connectivity index (χ2v) is 5.89. The van der Waals surface area contributed by atoms with Crippen molar-refractivity contribution in [2.45, 2.75) is 12.5 Å². The number of hydrogen-bond donors (Lipinski definition) is 1. The lowest BCUT2D eigenvalue weighted by Gasteiger charge is -2.18. The van der Waals surface area contributed by atoms with Gasteiger partial charge in [-0.2, -0.15) is 0 Å². The number of carbonyl (C=O) groups excluding carboxylic acids is 2. The molecule has 0 bridgehead atoms. The summed E-state index contributed by atoms with van der Waals surface area (Å²) in [6.07, 6.45) is 2.79. The minimum atomic E-state index is -0.635. The number of benzene rings is 2. The number of carbonyl (C=O) groups is 2. The van der Waals surface area contributed by atoms with Gasteiger partial charge in [-0.3, -0.25) is 4.79 Å². The Kier molecular flexibility index (Phi) is 5.22. The molecule has 1 N–H and O–H groups in total. The van der Waals surface area contributed by atoms with Crippen molar-refractivity contribution in [2.24, 2.45) is 0 Å². The Hall–Kier alpha value is -3.28. The number of phenolic OH excluding ortho intramolecular Hbond substituents is 1. The first-order valence-corrected chi connectivity index (χ1v) is 8.17. The maximum Gasteiger partial charge on any atom is 0.417 e. The fraction of sp³-hybridized carbons (Fsp3) is 0.200. The number of methoxy groups -OCH3 is 1. The third-order valence-corrected chi connectivity index (χ3v) is 4.13. The molecule has 0 radical (unpaired) electrons. The predicted molar refractivity (Wildman–Crippen MR) is 95.8 cm³/mol. The van der Waals surface area contributed by atoms with Crippen molar-refractivity contribution in [1.29, 1.82) is 0 Å². The van der Waals surface area contributed by atoms with E-state index in [0.717, 1.165) is 10.5 Å². The Bertz CT molecular complexity index is 831. The van der Waals surface area contributed by atoms with Gasteiger partial charge < -0.3 is 14.6 Å². The number of aromatic hydroxyl groups is 1. The van der Waals surface area contributed by atoms with Crippen molar-refractivity contribution in [3.8, 4) is 11.5 Å². The lowest BCUT2D eigenvalue weighted by Crippen LogP contribution is -2.39. The van der Waals surface area contributed by atoms with Gasteiger partial charge in [-0.25, -0.2) is 9.69 Å². The fourth-order valence-corrected chi connectivity index (χ4v) is 2.81. The van der Waals surface area contributed by atoms with Gasteiger partial charge in [0.2, 0.25) is 0 Å². The van der Waals surface area contributed by atoms with Crippen LogP contribution in [0.4, 0.5) is 4.79 Å². The Labute approximate surface area is 151 Å². The van der Waals surface area contributed by atoms with Crippen LogP contribution in [0.1, 0.15) is 11.1 Å². The molecule has 3 rings (SSSR count). The van der Waals surface area contributed by atoms with Gasteiger partial charge in [-0.05, 0) is 35.8 Å². The van der Waals surface area contributed by atoms with Crippen molar-refractivity contribution in [3.05, 3.63) is 65.7 Å². The Morgan fingerprint density at radius 3 is 2.81 bits per heavy atom. The molecule has 0 saturated carbocycles. The van der Waals surface area contributed by atoms with Crippen molar-refractivity contribution in [3.63, 3.8) is 0 Å². The van der Waals surface area contributed by atoms with E-state index in [1.54, 1.807) is 18.2 Å². The molecule has 2 amide bonds. The van der Waals surface area contributed by atoms with E-state index in [-0.39, 0.29) is 18.4 Å². The number of rotatable bonds is 5. The number of hydrogen-bond acceptors (Lipinski definition) is 5. The first kappa shape index (κ1) is 17.5. The quantitative estimate of drug-likeness (QED) is 0.836. The van der Waals surface area contributed by atoms with Gasteiger partial charge in [0.15, 0.2) is 11.5 Å². The number of nitrogens with zero attached hydrogens (tertiary/aromatic N) is 1. The second-order valence-electron chi connectivity index (χ2n) is 5.89. The minimum absolute atomic E-state index is 0.0158. The molecule has 134 valence electrons. The molecule has 26 heavy (non-hydrogen) atoms. The molecule has 0 aromatic heterocycles. The van der Waals surface area contributed by atoms with Crippen molar-refractivity contribution < 1.29 is 24.2 Å². The van der Waals surface area contributed by atoms with Crippen LogP contribution in [-0.2, 0) is 16.0 Å². The average molecular weight is 353 g/mol. The summed E-state index contributed by atoms with van der Waals surface area (Å²) in [5.41, 5.74) is 1.70. The molecule has 1 saturated heterocycles. The third kappa shape index (κ3) is 3.85. The zero-order valence-electron chi connectivity index (χ0n) is 14.3. The van der Waals surface area contributed by atoms with Crippen molar-refractivity contribution in [1.82, 2.24) is 4.90 Å². The highest BCUT2D eigenvalue weighted by Crippen LogP contribution is 2.27. The standard InChI is InChI=1S/C20H19NO5/c1-25-18-12-15(7-9-17(18)22)8-10-19(23)21-16(13-26-20(21)24)11-14-5-3-2-4-6-14/h2-10,12,16,22H,11,13H2,1H3/b10-8+/t16-/m1/s1. The van der Waals surface area contributed by atoms with Crippen LogP contribution in [0.15, 0.2) is 54.6 Å². The molecule has 0 aliphatic carbocycles. The highest BCUT2D eigenvalue weighted by molar-refractivity contribution is 6.02. The molecular formula is C20H19NO5. The molecule has 1 aliphatic heterocycles. The number of ether oxygens (including phenoxy) is 2. The lowest BCUT2D eigenvalue weighted by atomic mass is 10.1. The van der Waals surface area contributed by atoms with Crippen LogP contribution in [0.2, 0.25) is 0 Å². The van der Waals surface area contributed by atoms with Crippen LogP contribution in [-0.4, -0.2) is 41.8 Å². The first-order chi connectivity index (χ1) is 12.6. The molecule has 6 nitrogen and oxygen atoms in total. The molecule has 1 aliphatic rings. The second kappa shape index (κ2) is 7.74. The summed E-state index contributed by atoms with van der Waals surface area (Å²) in [7, 11) is 1.45. The maximum atomic E-state index is 12.5. The van der Waals surface area contributed by atoms with E-state index in [2.05, 4.69) is 0 Å². The van der Waals surface area contributed by atoms with Gasteiger partial charge in [-0.1, -0.05) is 36.4 Å². The van der Waals surface area contributed by atoms with Crippen LogP contribution in [0.25, 0.3) is 6.08 Å². The van der Waals surface area contributed by atoms with Crippen molar-refractivity contribution in [2.75, 3.05) is 13.7 Å². The normalized spacial score (nSPS) is 16.7. The topological polar surface area (TPSA) is 76.1 Å². The summed E-state index contributed by atoms with van der Waals surface area (Å²) in [5, 5.41) is 9.61. The summed E-state index contributed by atoms with van der Waals surface area (Å²) in [6, 6.07) is 14.0. The van der Waals surface area contributed by atoms with Crippen LogP contribution >= 0.6 is 0 Å². The summed E-state index contributed by atoms with van der Waals surface area (Å²) in [6.45, 7) is 0.181. The van der Waals surface area contributed by atoms with E-state index in [4.69, 9.17) is 9.47 Å². The zero-order chi connectivity index (χ0) is 18.5. The van der Waals surface area contributed by atoms with Crippen LogP contribution in [0.5, 0.6) is 11.5 Å². The fourth-order valence-electron chi connectivity index (χ4n) is 2.81. The smallest absolute Gasteiger partial charge is 0.417 e. The summed E-state index contributed by atoms with van der Waals surface area (Å²) in [4.78, 5) is 25.6. The molecule has 6 heteroatoms. The third-order valence-electron chi connectivity index (χ3n) is 4.13. The number of cyclic esters (lactones) is 1. The largest absolute Gasteiger partial charge is 0.504 e. The molecule has 1 heterocycles. The summed E-state index contributed by atoms with van der Waals surface area (Å²) >= 11 is 0. The van der Waals surface area contributed by atoms with E-state index < -0.39 is 12.0 Å². The molecule has 1 fully saturated rings. The molecule has 0 unspecified atom stereocenters. The van der Waals surface area contributed by atoms with Gasteiger partial charge in [0.05, 0.1) is 13.2 Å². The highest BCUT2D eigenvalue weighted by atomic mass is 16.6. The van der Waals surface area contributed by atoms with Gasteiger partial charge in [-0.15, -0.1) is 0 Å². The van der Waals surface area contributed by atoms with Gasteiger partial charge in [0.1, 0.15) is 6.61 Å². The molecular weight excluding hydrogens is 334 g/mol. The number of imide groups is 1. The molecule has 1 atom stereocenters. The number of amides is 2. The monoisotopic (exact) mass is 353 g/mol. The van der Waals surface area contributed by atoms with Gasteiger partial charge in [0.25, 0.3) is 5.91 Å². The van der Waals surface area contributed by atoms with E-state index in [1.165, 1.54) is 19.3 Å². The van der Waals surface area contributed by atoms with Crippen LogP contribution in [0, 0.1) is 0 Å². The van der Waals surface area contributed by atoms with E-state index in [1.807, 2.05) is 30.3 Å². The molecule has 2 aromatic carbocycles. The van der Waals surface area contributed by atoms with E-state index in [0.29, 0.717) is 17.7 Å². The lowest BCUT2D eigenvalue weighted by molar-refractivity contribution is -0.124. The Balaban J connectivity index is 1.73. The van der Waals surface area contributed by atoms with Crippen LogP contribution in [0.3, 0.4) is 0 Å². The van der Waals surface area contributed by atoms with E-state index >= 15 is 0 Å². The zero-order valence-corrected chi connectivity index (χ0v) is 14.3.